The van der Waals surface area contributed by atoms with Crippen molar-refractivity contribution in [1.82, 2.24) is 4.90 Å². The summed E-state index contributed by atoms with van der Waals surface area (Å²) in [6.45, 7) is 11.1. The van der Waals surface area contributed by atoms with Gasteiger partial charge < -0.3 is 14.2 Å². The second-order valence-electron chi connectivity index (χ2n) is 10.8. The van der Waals surface area contributed by atoms with Crippen molar-refractivity contribution in [3.8, 4) is 0 Å². The molecule has 1 amide bonds. The maximum Gasteiger partial charge on any atom is 0.411 e. The van der Waals surface area contributed by atoms with Crippen LogP contribution in [0, 0.1) is 0 Å². The molecule has 0 saturated heterocycles. The lowest BCUT2D eigenvalue weighted by Crippen LogP contribution is -2.45. The first-order valence-electron chi connectivity index (χ1n) is 14.7. The Labute approximate surface area is 252 Å². The van der Waals surface area contributed by atoms with Crippen LogP contribution in [0.5, 0.6) is 0 Å². The Kier molecular flexibility index (Phi) is 13.3. The first-order chi connectivity index (χ1) is 20.4. The molecule has 0 spiro atoms. The van der Waals surface area contributed by atoms with Gasteiger partial charge in [-0.15, -0.1) is 0 Å². The van der Waals surface area contributed by atoms with Crippen molar-refractivity contribution in [2.24, 2.45) is 0 Å². The molecule has 0 unspecified atom stereocenters. The minimum absolute atomic E-state index is 0.287. The van der Waals surface area contributed by atoms with Crippen molar-refractivity contribution >= 4 is 6.09 Å². The Hall–Kier alpha value is -3.93. The molecule has 4 rings (SSSR count). The Morgan fingerprint density at radius 2 is 1.12 bits per heavy atom. The van der Waals surface area contributed by atoms with E-state index in [1.807, 2.05) is 156 Å². The zero-order chi connectivity index (χ0) is 30.2. The first-order valence-corrected chi connectivity index (χ1v) is 14.7. The number of carbonyl (C=O) groups is 1. The molecule has 4 aromatic rings. The van der Waals surface area contributed by atoms with Gasteiger partial charge in [-0.1, -0.05) is 135 Å². The predicted molar refractivity (Wildman–Crippen MR) is 170 cm³/mol. The number of rotatable bonds is 12. The average Bonchev–Trinajstić information content (AvgIpc) is 3.01. The van der Waals surface area contributed by atoms with E-state index in [0.29, 0.717) is 19.8 Å². The number of hydrogen-bond donors (Lipinski definition) is 0. The van der Waals surface area contributed by atoms with Crippen molar-refractivity contribution in [3.63, 3.8) is 0 Å². The zero-order valence-corrected chi connectivity index (χ0v) is 25.6. The van der Waals surface area contributed by atoms with E-state index in [4.69, 9.17) is 14.2 Å². The Balaban J connectivity index is 0.00000237. The van der Waals surface area contributed by atoms with Crippen molar-refractivity contribution in [2.75, 3.05) is 6.61 Å². The second kappa shape index (κ2) is 17.1. The fraction of sp³-hybridized carbons (Fsp3) is 0.324. The SMILES string of the molecule is CC.CC(C)(C)OC(=O)N(Cc1ccccc1)[C@H](c1ccccc1)[C@@H](COCc1ccccc1)OCc1ccccc1. The van der Waals surface area contributed by atoms with Crippen LogP contribution < -0.4 is 0 Å². The monoisotopic (exact) mass is 567 g/mol. The number of benzene rings is 4. The van der Waals surface area contributed by atoms with Gasteiger partial charge in [-0.05, 0) is 43.0 Å². The summed E-state index contributed by atoms with van der Waals surface area (Å²) in [6.07, 6.45) is -0.871. The molecule has 0 bridgehead atoms. The molecule has 0 N–H and O–H groups in total. The van der Waals surface area contributed by atoms with Crippen molar-refractivity contribution < 1.29 is 19.0 Å². The Morgan fingerprint density at radius 3 is 1.62 bits per heavy atom. The molecule has 222 valence electrons. The highest BCUT2D eigenvalue weighted by Gasteiger charge is 2.36. The van der Waals surface area contributed by atoms with Gasteiger partial charge in [-0.25, -0.2) is 4.79 Å². The summed E-state index contributed by atoms with van der Waals surface area (Å²) >= 11 is 0. The summed E-state index contributed by atoms with van der Waals surface area (Å²) in [5, 5.41) is 0. The van der Waals surface area contributed by atoms with Gasteiger partial charge in [0.1, 0.15) is 11.7 Å². The highest BCUT2D eigenvalue weighted by Crippen LogP contribution is 2.31. The molecule has 0 aliphatic rings. The van der Waals surface area contributed by atoms with Gasteiger partial charge in [0, 0.05) is 6.54 Å². The molecular weight excluding hydrogens is 522 g/mol. The van der Waals surface area contributed by atoms with Crippen LogP contribution in [0.25, 0.3) is 0 Å². The molecule has 5 heteroatoms. The maximum absolute atomic E-state index is 13.9. The van der Waals surface area contributed by atoms with Gasteiger partial charge in [0.25, 0.3) is 0 Å². The molecule has 0 aliphatic carbocycles. The average molecular weight is 568 g/mol. The highest BCUT2D eigenvalue weighted by molar-refractivity contribution is 5.69. The summed E-state index contributed by atoms with van der Waals surface area (Å²) in [7, 11) is 0. The summed E-state index contributed by atoms with van der Waals surface area (Å²) in [4.78, 5) is 15.6. The van der Waals surface area contributed by atoms with E-state index in [0.717, 1.165) is 22.3 Å². The lowest BCUT2D eigenvalue weighted by Gasteiger charge is -2.38. The molecule has 0 aromatic heterocycles. The quantitative estimate of drug-likeness (QED) is 0.171. The van der Waals surface area contributed by atoms with Crippen LogP contribution >= 0.6 is 0 Å². The normalized spacial score (nSPS) is 12.4. The van der Waals surface area contributed by atoms with Gasteiger partial charge in [0.15, 0.2) is 0 Å². The standard InChI is InChI=1S/C35H39NO4.C2H6/c1-35(2,3)40-34(37)36(24-28-16-8-4-9-17-28)33(31-22-14-7-15-23-31)32(39-26-30-20-12-6-13-21-30)27-38-25-29-18-10-5-11-19-29;1-2/h4-23,32-33H,24-27H2,1-3H3;1-2H3/t32-,33-;/m1./s1. The van der Waals surface area contributed by atoms with Crippen LogP contribution in [-0.4, -0.2) is 29.3 Å². The third-order valence-electron chi connectivity index (χ3n) is 6.35. The van der Waals surface area contributed by atoms with Crippen molar-refractivity contribution in [2.45, 2.75) is 72.1 Å². The lowest BCUT2D eigenvalue weighted by molar-refractivity contribution is -0.0783. The number of hydrogen-bond acceptors (Lipinski definition) is 4. The van der Waals surface area contributed by atoms with Gasteiger partial charge in [0.2, 0.25) is 0 Å². The summed E-state index contributed by atoms with van der Waals surface area (Å²) < 4.78 is 18.8. The third kappa shape index (κ3) is 10.8. The van der Waals surface area contributed by atoms with Crippen molar-refractivity contribution in [1.29, 1.82) is 0 Å². The molecule has 0 aliphatic heterocycles. The number of carbonyl (C=O) groups excluding carboxylic acids is 1. The lowest BCUT2D eigenvalue weighted by atomic mass is 9.99. The van der Waals surface area contributed by atoms with Gasteiger partial charge in [-0.3, -0.25) is 4.90 Å². The molecule has 0 saturated carbocycles. The topological polar surface area (TPSA) is 48.0 Å². The molecule has 5 nitrogen and oxygen atoms in total. The smallest absolute Gasteiger partial charge is 0.411 e. The van der Waals surface area contributed by atoms with E-state index in [1.54, 1.807) is 4.90 Å². The van der Waals surface area contributed by atoms with E-state index in [2.05, 4.69) is 0 Å². The number of ether oxygens (including phenoxy) is 3. The maximum atomic E-state index is 13.9. The van der Waals surface area contributed by atoms with E-state index < -0.39 is 23.8 Å². The number of nitrogens with zero attached hydrogens (tertiary/aromatic N) is 1. The second-order valence-corrected chi connectivity index (χ2v) is 10.8. The van der Waals surface area contributed by atoms with Crippen molar-refractivity contribution in [3.05, 3.63) is 144 Å². The van der Waals surface area contributed by atoms with Crippen LogP contribution in [0.3, 0.4) is 0 Å². The zero-order valence-electron chi connectivity index (χ0n) is 25.6. The largest absolute Gasteiger partial charge is 0.444 e. The minimum atomic E-state index is -0.655. The number of amides is 1. The highest BCUT2D eigenvalue weighted by atomic mass is 16.6. The summed E-state index contributed by atoms with van der Waals surface area (Å²) in [5.41, 5.74) is 3.42. The molecule has 0 heterocycles. The predicted octanol–water partition coefficient (Wildman–Crippen LogP) is 8.99. The van der Waals surface area contributed by atoms with Crippen LogP contribution in [0.2, 0.25) is 0 Å². The van der Waals surface area contributed by atoms with E-state index >= 15 is 0 Å². The molecule has 2 atom stereocenters. The Morgan fingerprint density at radius 1 is 0.667 bits per heavy atom. The van der Waals surface area contributed by atoms with Crippen LogP contribution in [0.1, 0.15) is 62.9 Å². The first kappa shape index (κ1) is 32.6. The van der Waals surface area contributed by atoms with E-state index in [1.165, 1.54) is 0 Å². The minimum Gasteiger partial charge on any atom is -0.444 e. The fourth-order valence-electron chi connectivity index (χ4n) is 4.50. The van der Waals surface area contributed by atoms with Crippen LogP contribution in [-0.2, 0) is 34.0 Å². The molecule has 4 aromatic carbocycles. The Bertz CT molecular complexity index is 1280. The van der Waals surface area contributed by atoms with Gasteiger partial charge in [0.05, 0.1) is 25.9 Å². The molecular formula is C37H45NO4. The summed E-state index contributed by atoms with van der Waals surface area (Å²) in [6, 6.07) is 39.6. The molecule has 42 heavy (non-hydrogen) atoms. The summed E-state index contributed by atoms with van der Waals surface area (Å²) in [5.74, 6) is 0. The molecule has 0 radical (unpaired) electrons. The van der Waals surface area contributed by atoms with E-state index in [-0.39, 0.29) is 6.61 Å². The van der Waals surface area contributed by atoms with Gasteiger partial charge >= 0.3 is 6.09 Å². The molecule has 0 fully saturated rings. The van der Waals surface area contributed by atoms with E-state index in [9.17, 15) is 4.79 Å². The fourth-order valence-corrected chi connectivity index (χ4v) is 4.50. The van der Waals surface area contributed by atoms with Crippen LogP contribution in [0.15, 0.2) is 121 Å². The third-order valence-corrected chi connectivity index (χ3v) is 6.35. The van der Waals surface area contributed by atoms with Crippen LogP contribution in [0.4, 0.5) is 4.79 Å². The van der Waals surface area contributed by atoms with Gasteiger partial charge in [-0.2, -0.15) is 0 Å².